The van der Waals surface area contributed by atoms with Crippen LogP contribution in [0.15, 0.2) is 40.4 Å². The van der Waals surface area contributed by atoms with E-state index in [0.717, 1.165) is 3.79 Å². The van der Waals surface area contributed by atoms with Gasteiger partial charge in [0.15, 0.2) is 0 Å². The fourth-order valence-electron chi connectivity index (χ4n) is 1.19. The number of carbonyl (C=O) groups excluding carboxylic acids is 2. The Bertz CT molecular complexity index is 571. The van der Waals surface area contributed by atoms with Gasteiger partial charge in [0, 0.05) is 18.0 Å². The van der Waals surface area contributed by atoms with Gasteiger partial charge < -0.3 is 0 Å². The Morgan fingerprint density at radius 2 is 1.72 bits per heavy atom. The molecule has 5 nitrogen and oxygen atoms in total. The number of rotatable bonds is 2. The van der Waals surface area contributed by atoms with Gasteiger partial charge in [-0.3, -0.25) is 25.4 Å². The van der Waals surface area contributed by atoms with E-state index in [2.05, 4.69) is 31.8 Å². The molecule has 0 bridgehead atoms. The maximum Gasteiger partial charge on any atom is 0.279 e. The van der Waals surface area contributed by atoms with E-state index in [-0.39, 0.29) is 11.8 Å². The average Bonchev–Trinajstić information content (AvgIpc) is 2.83. The molecule has 0 aliphatic rings. The van der Waals surface area contributed by atoms with Crippen LogP contribution in [0.25, 0.3) is 0 Å². The van der Waals surface area contributed by atoms with Crippen LogP contribution in [0.4, 0.5) is 0 Å². The zero-order valence-electron chi connectivity index (χ0n) is 9.01. The van der Waals surface area contributed by atoms with Crippen molar-refractivity contribution in [1.82, 2.24) is 15.8 Å². The summed E-state index contributed by atoms with van der Waals surface area (Å²) in [5.74, 6) is -0.741. The molecule has 2 amide bonds. The molecule has 2 rings (SSSR count). The van der Waals surface area contributed by atoms with Crippen molar-refractivity contribution in [3.63, 3.8) is 0 Å². The normalized spacial score (nSPS) is 9.83. The van der Waals surface area contributed by atoms with Crippen molar-refractivity contribution in [3.8, 4) is 0 Å². The maximum absolute atomic E-state index is 11.6. The van der Waals surface area contributed by atoms with Crippen LogP contribution in [0, 0.1) is 0 Å². The second-order valence-electron chi connectivity index (χ2n) is 3.25. The third-order valence-corrected chi connectivity index (χ3v) is 3.65. The lowest BCUT2D eigenvalue weighted by Gasteiger charge is -2.05. The summed E-state index contributed by atoms with van der Waals surface area (Å²) in [7, 11) is 0. The number of amides is 2. The monoisotopic (exact) mass is 325 g/mol. The highest BCUT2D eigenvalue weighted by Crippen LogP contribution is 2.21. The molecule has 2 aromatic heterocycles. The number of nitrogens with zero attached hydrogens (tertiary/aromatic N) is 1. The highest BCUT2D eigenvalue weighted by molar-refractivity contribution is 9.11. The van der Waals surface area contributed by atoms with Crippen molar-refractivity contribution in [3.05, 3.63) is 50.9 Å². The number of carbonyl (C=O) groups is 2. The second-order valence-corrected chi connectivity index (χ2v) is 5.71. The fraction of sp³-hybridized carbons (Fsp3) is 0. The highest BCUT2D eigenvalue weighted by Gasteiger charge is 2.10. The first-order valence-corrected chi connectivity index (χ1v) is 6.54. The molecule has 2 heterocycles. The lowest BCUT2D eigenvalue weighted by Crippen LogP contribution is -2.41. The van der Waals surface area contributed by atoms with Crippen molar-refractivity contribution in [1.29, 1.82) is 0 Å². The summed E-state index contributed by atoms with van der Waals surface area (Å²) in [4.78, 5) is 27.6. The van der Waals surface area contributed by atoms with Crippen molar-refractivity contribution < 1.29 is 9.59 Å². The van der Waals surface area contributed by atoms with Crippen LogP contribution in [0.2, 0.25) is 0 Å². The number of hydrogen-bond donors (Lipinski definition) is 2. The predicted molar refractivity (Wildman–Crippen MR) is 71.2 cm³/mol. The summed E-state index contributed by atoms with van der Waals surface area (Å²) in [6.45, 7) is 0. The van der Waals surface area contributed by atoms with Crippen molar-refractivity contribution >= 4 is 39.1 Å². The number of halogens is 1. The molecule has 0 atom stereocenters. The third kappa shape index (κ3) is 3.14. The summed E-state index contributed by atoms with van der Waals surface area (Å²) in [6, 6.07) is 6.55. The van der Waals surface area contributed by atoms with E-state index < -0.39 is 0 Å². The largest absolute Gasteiger partial charge is 0.279 e. The van der Waals surface area contributed by atoms with Gasteiger partial charge in [0.2, 0.25) is 0 Å². The van der Waals surface area contributed by atoms with E-state index in [1.807, 2.05) is 0 Å². The minimum atomic E-state index is -0.388. The van der Waals surface area contributed by atoms with Crippen molar-refractivity contribution in [2.75, 3.05) is 0 Å². The molecule has 0 radical (unpaired) electrons. The van der Waals surface area contributed by atoms with E-state index >= 15 is 0 Å². The first kappa shape index (κ1) is 12.7. The van der Waals surface area contributed by atoms with Gasteiger partial charge >= 0.3 is 0 Å². The van der Waals surface area contributed by atoms with Crippen LogP contribution in [-0.4, -0.2) is 16.8 Å². The van der Waals surface area contributed by atoms with E-state index in [1.165, 1.54) is 23.7 Å². The fourth-order valence-corrected chi connectivity index (χ4v) is 2.47. The van der Waals surface area contributed by atoms with Gasteiger partial charge in [-0.05, 0) is 40.2 Å². The zero-order valence-corrected chi connectivity index (χ0v) is 11.4. The van der Waals surface area contributed by atoms with Crippen LogP contribution in [0.5, 0.6) is 0 Å². The van der Waals surface area contributed by atoms with Gasteiger partial charge in [-0.25, -0.2) is 0 Å². The topological polar surface area (TPSA) is 71.1 Å². The quantitative estimate of drug-likeness (QED) is 0.829. The average molecular weight is 326 g/mol. The number of hydrazine groups is 1. The molecule has 18 heavy (non-hydrogen) atoms. The lowest BCUT2D eigenvalue weighted by atomic mass is 10.3. The molecule has 2 aromatic rings. The predicted octanol–water partition coefficient (Wildman–Crippen LogP) is 1.98. The van der Waals surface area contributed by atoms with Gasteiger partial charge in [0.1, 0.15) is 0 Å². The molecule has 7 heteroatoms. The summed E-state index contributed by atoms with van der Waals surface area (Å²) < 4.78 is 0.855. The number of thiophene rings is 1. The van der Waals surface area contributed by atoms with E-state index in [1.54, 1.807) is 24.3 Å². The molecule has 0 saturated carbocycles. The van der Waals surface area contributed by atoms with E-state index in [0.29, 0.717) is 10.4 Å². The number of aromatic nitrogens is 1. The van der Waals surface area contributed by atoms with Crippen molar-refractivity contribution in [2.45, 2.75) is 0 Å². The van der Waals surface area contributed by atoms with Gasteiger partial charge in [0.05, 0.1) is 8.66 Å². The van der Waals surface area contributed by atoms with Crippen LogP contribution in [0.3, 0.4) is 0 Å². The number of nitrogens with one attached hydrogen (secondary N) is 2. The Morgan fingerprint density at radius 1 is 1.06 bits per heavy atom. The van der Waals surface area contributed by atoms with Gasteiger partial charge in [-0.15, -0.1) is 11.3 Å². The van der Waals surface area contributed by atoms with Crippen molar-refractivity contribution in [2.24, 2.45) is 0 Å². The number of pyridine rings is 1. The minimum absolute atomic E-state index is 0.354. The molecular weight excluding hydrogens is 318 g/mol. The Labute approximate surface area is 115 Å². The summed E-state index contributed by atoms with van der Waals surface area (Å²) in [5, 5.41) is 0. The molecule has 0 aliphatic carbocycles. The Kier molecular flexibility index (Phi) is 4.06. The summed E-state index contributed by atoms with van der Waals surface area (Å²) >= 11 is 4.55. The van der Waals surface area contributed by atoms with E-state index in [4.69, 9.17) is 0 Å². The second kappa shape index (κ2) is 5.74. The van der Waals surface area contributed by atoms with Crippen LogP contribution < -0.4 is 10.9 Å². The highest BCUT2D eigenvalue weighted by atomic mass is 79.9. The third-order valence-electron chi connectivity index (χ3n) is 2.03. The standard InChI is InChI=1S/C11H8BrN3O2S/c12-9-2-1-8(18-9)11(17)15-14-10(16)7-3-5-13-6-4-7/h1-6H,(H,14,16)(H,15,17). The summed E-state index contributed by atoms with van der Waals surface area (Å²) in [5.41, 5.74) is 5.10. The molecule has 0 saturated heterocycles. The van der Waals surface area contributed by atoms with Gasteiger partial charge in [-0.1, -0.05) is 0 Å². The van der Waals surface area contributed by atoms with Crippen LogP contribution in [0.1, 0.15) is 20.0 Å². The molecule has 0 unspecified atom stereocenters. The minimum Gasteiger partial charge on any atom is -0.267 e. The zero-order chi connectivity index (χ0) is 13.0. The van der Waals surface area contributed by atoms with Crippen LogP contribution >= 0.6 is 27.3 Å². The Balaban J connectivity index is 1.92. The molecule has 0 spiro atoms. The Morgan fingerprint density at radius 3 is 2.33 bits per heavy atom. The molecule has 0 fully saturated rings. The molecule has 0 aliphatic heterocycles. The van der Waals surface area contributed by atoms with E-state index in [9.17, 15) is 9.59 Å². The first-order chi connectivity index (χ1) is 8.66. The van der Waals surface area contributed by atoms with Gasteiger partial charge in [-0.2, -0.15) is 0 Å². The molecule has 92 valence electrons. The number of hydrogen-bond acceptors (Lipinski definition) is 4. The maximum atomic E-state index is 11.6. The SMILES string of the molecule is O=C(NNC(=O)c1ccc(Br)s1)c1ccncc1. The smallest absolute Gasteiger partial charge is 0.267 e. The Hall–Kier alpha value is -1.73. The molecule has 0 aromatic carbocycles. The molecule has 2 N–H and O–H groups in total. The first-order valence-electron chi connectivity index (χ1n) is 4.93. The summed E-state index contributed by atoms with van der Waals surface area (Å²) in [6.07, 6.45) is 3.01. The van der Waals surface area contributed by atoms with Gasteiger partial charge in [0.25, 0.3) is 11.8 Å². The van der Waals surface area contributed by atoms with Crippen LogP contribution in [-0.2, 0) is 0 Å². The lowest BCUT2D eigenvalue weighted by molar-refractivity contribution is 0.0849. The molecular formula is C11H8BrN3O2S.